The van der Waals surface area contributed by atoms with Crippen molar-refractivity contribution in [1.82, 2.24) is 4.98 Å². The summed E-state index contributed by atoms with van der Waals surface area (Å²) in [5, 5.41) is 5.59. The number of hydrogen-bond donors (Lipinski definition) is 2. The van der Waals surface area contributed by atoms with Crippen LogP contribution in [0.1, 0.15) is 10.4 Å². The predicted octanol–water partition coefficient (Wildman–Crippen LogP) is 4.36. The Bertz CT molecular complexity index is 948. The first-order valence-electron chi connectivity index (χ1n) is 7.69. The third-order valence-corrected chi connectivity index (χ3v) is 3.57. The first-order chi connectivity index (χ1) is 12.6. The third kappa shape index (κ3) is 3.94. The van der Waals surface area contributed by atoms with Crippen molar-refractivity contribution in [3.05, 3.63) is 78.0 Å². The van der Waals surface area contributed by atoms with Crippen LogP contribution in [0.3, 0.4) is 0 Å². The molecule has 5 nitrogen and oxygen atoms in total. The predicted molar refractivity (Wildman–Crippen MR) is 94.8 cm³/mol. The van der Waals surface area contributed by atoms with Crippen molar-refractivity contribution in [2.75, 3.05) is 17.7 Å². The Balaban J connectivity index is 1.78. The van der Waals surface area contributed by atoms with E-state index in [-0.39, 0.29) is 5.69 Å². The second-order valence-electron chi connectivity index (χ2n) is 5.34. The average Bonchev–Trinajstić information content (AvgIpc) is 2.65. The first kappa shape index (κ1) is 17.3. The molecular formula is C19H15F2N3O2. The van der Waals surface area contributed by atoms with E-state index in [2.05, 4.69) is 15.6 Å². The van der Waals surface area contributed by atoms with Crippen molar-refractivity contribution in [2.24, 2.45) is 0 Å². The number of pyridine rings is 1. The average molecular weight is 355 g/mol. The first-order valence-corrected chi connectivity index (χ1v) is 7.69. The van der Waals surface area contributed by atoms with Gasteiger partial charge < -0.3 is 15.4 Å². The van der Waals surface area contributed by atoms with Crippen molar-refractivity contribution in [3.8, 4) is 5.75 Å². The van der Waals surface area contributed by atoms with Gasteiger partial charge in [0, 0.05) is 23.5 Å². The summed E-state index contributed by atoms with van der Waals surface area (Å²) in [6.07, 6.45) is 1.47. The molecule has 3 aromatic rings. The Hall–Kier alpha value is -3.48. The lowest BCUT2D eigenvalue weighted by molar-refractivity contribution is 0.102. The molecule has 0 aliphatic heterocycles. The second kappa shape index (κ2) is 7.60. The Labute approximate surface area is 148 Å². The normalized spacial score (nSPS) is 10.3. The number of aromatic nitrogens is 1. The topological polar surface area (TPSA) is 63.2 Å². The fourth-order valence-electron chi connectivity index (χ4n) is 2.30. The minimum absolute atomic E-state index is 0.157. The molecule has 2 N–H and O–H groups in total. The maximum Gasteiger partial charge on any atom is 0.255 e. The van der Waals surface area contributed by atoms with E-state index in [0.717, 1.165) is 12.1 Å². The number of ether oxygens (including phenoxy) is 1. The quantitative estimate of drug-likeness (QED) is 0.714. The molecule has 132 valence electrons. The molecular weight excluding hydrogens is 340 g/mol. The van der Waals surface area contributed by atoms with Crippen LogP contribution >= 0.6 is 0 Å². The molecule has 0 aliphatic carbocycles. The fraction of sp³-hybridized carbons (Fsp3) is 0.0526. The lowest BCUT2D eigenvalue weighted by Crippen LogP contribution is -2.12. The number of hydrogen-bond acceptors (Lipinski definition) is 4. The summed E-state index contributed by atoms with van der Waals surface area (Å²) < 4.78 is 31.5. The molecule has 0 aliphatic rings. The Morgan fingerprint density at radius 3 is 2.62 bits per heavy atom. The van der Waals surface area contributed by atoms with E-state index in [4.69, 9.17) is 4.74 Å². The minimum atomic E-state index is -1.03. The Morgan fingerprint density at radius 2 is 1.85 bits per heavy atom. The number of para-hydroxylation sites is 2. The highest BCUT2D eigenvalue weighted by molar-refractivity contribution is 6.04. The summed E-state index contributed by atoms with van der Waals surface area (Å²) in [5.41, 5.74) is 1.16. The molecule has 0 bridgehead atoms. The van der Waals surface area contributed by atoms with Gasteiger partial charge in [0.2, 0.25) is 0 Å². The van der Waals surface area contributed by atoms with E-state index in [1.165, 1.54) is 18.3 Å². The minimum Gasteiger partial charge on any atom is -0.495 e. The van der Waals surface area contributed by atoms with Gasteiger partial charge in [0.15, 0.2) is 11.6 Å². The zero-order valence-electron chi connectivity index (χ0n) is 13.8. The monoisotopic (exact) mass is 355 g/mol. The van der Waals surface area contributed by atoms with Crippen molar-refractivity contribution in [2.45, 2.75) is 0 Å². The molecule has 0 spiro atoms. The molecule has 1 heterocycles. The SMILES string of the molecule is COc1ccccc1Nc1cc(C(=O)Nc2ccc(F)c(F)c2)ccn1. The van der Waals surface area contributed by atoms with Crippen LogP contribution in [-0.4, -0.2) is 18.0 Å². The van der Waals surface area contributed by atoms with Crippen molar-refractivity contribution in [1.29, 1.82) is 0 Å². The van der Waals surface area contributed by atoms with Crippen LogP contribution in [-0.2, 0) is 0 Å². The zero-order valence-corrected chi connectivity index (χ0v) is 13.8. The maximum atomic E-state index is 13.3. The molecule has 2 aromatic carbocycles. The lowest BCUT2D eigenvalue weighted by Gasteiger charge is -2.11. The van der Waals surface area contributed by atoms with Gasteiger partial charge in [-0.05, 0) is 36.4 Å². The van der Waals surface area contributed by atoms with E-state index in [9.17, 15) is 13.6 Å². The maximum absolute atomic E-state index is 13.3. The number of halogens is 2. The molecule has 1 aromatic heterocycles. The van der Waals surface area contributed by atoms with E-state index in [1.807, 2.05) is 18.2 Å². The fourth-order valence-corrected chi connectivity index (χ4v) is 2.30. The zero-order chi connectivity index (χ0) is 18.5. The van der Waals surface area contributed by atoms with Crippen LogP contribution in [0.5, 0.6) is 5.75 Å². The molecule has 26 heavy (non-hydrogen) atoms. The highest BCUT2D eigenvalue weighted by Crippen LogP contribution is 2.26. The van der Waals surface area contributed by atoms with E-state index < -0.39 is 17.5 Å². The number of carbonyl (C=O) groups is 1. The third-order valence-electron chi connectivity index (χ3n) is 3.57. The molecule has 1 amide bonds. The van der Waals surface area contributed by atoms with E-state index in [0.29, 0.717) is 22.8 Å². The van der Waals surface area contributed by atoms with Crippen LogP contribution in [0, 0.1) is 11.6 Å². The van der Waals surface area contributed by atoms with Crippen molar-refractivity contribution >= 4 is 23.1 Å². The number of anilines is 3. The van der Waals surface area contributed by atoms with Gasteiger partial charge in [-0.15, -0.1) is 0 Å². The van der Waals surface area contributed by atoms with E-state index in [1.54, 1.807) is 19.2 Å². The highest BCUT2D eigenvalue weighted by atomic mass is 19.2. The molecule has 0 unspecified atom stereocenters. The summed E-state index contributed by atoms with van der Waals surface area (Å²) >= 11 is 0. The number of amides is 1. The summed E-state index contributed by atoms with van der Waals surface area (Å²) in [6, 6.07) is 13.5. The van der Waals surface area contributed by atoms with Crippen LogP contribution in [0.2, 0.25) is 0 Å². The lowest BCUT2D eigenvalue weighted by atomic mass is 10.2. The van der Waals surface area contributed by atoms with Crippen molar-refractivity contribution < 1.29 is 18.3 Å². The summed E-state index contributed by atoms with van der Waals surface area (Å²) in [5.74, 6) is -1.41. The van der Waals surface area contributed by atoms with Gasteiger partial charge >= 0.3 is 0 Å². The number of benzene rings is 2. The highest BCUT2D eigenvalue weighted by Gasteiger charge is 2.10. The summed E-state index contributed by atoms with van der Waals surface area (Å²) in [6.45, 7) is 0. The van der Waals surface area contributed by atoms with Gasteiger partial charge in [-0.1, -0.05) is 12.1 Å². The Kier molecular flexibility index (Phi) is 5.07. The largest absolute Gasteiger partial charge is 0.495 e. The van der Waals surface area contributed by atoms with Gasteiger partial charge in [-0.3, -0.25) is 4.79 Å². The van der Waals surface area contributed by atoms with Gasteiger partial charge in [-0.25, -0.2) is 13.8 Å². The number of methoxy groups -OCH3 is 1. The smallest absolute Gasteiger partial charge is 0.255 e. The molecule has 0 radical (unpaired) electrons. The molecule has 0 saturated heterocycles. The molecule has 3 rings (SSSR count). The standard InChI is InChI=1S/C19H15F2N3O2/c1-26-17-5-3-2-4-16(17)24-18-10-12(8-9-22-18)19(25)23-13-6-7-14(20)15(21)11-13/h2-11H,1H3,(H,22,24)(H,23,25). The van der Waals surface area contributed by atoms with Gasteiger partial charge in [0.25, 0.3) is 5.91 Å². The molecule has 0 atom stereocenters. The van der Waals surface area contributed by atoms with Crippen LogP contribution < -0.4 is 15.4 Å². The number of carbonyl (C=O) groups excluding carboxylic acids is 1. The molecule has 7 heteroatoms. The van der Waals surface area contributed by atoms with Gasteiger partial charge in [-0.2, -0.15) is 0 Å². The number of nitrogens with zero attached hydrogens (tertiary/aromatic N) is 1. The molecule has 0 fully saturated rings. The number of nitrogens with one attached hydrogen (secondary N) is 2. The van der Waals surface area contributed by atoms with Gasteiger partial charge in [0.05, 0.1) is 12.8 Å². The van der Waals surface area contributed by atoms with Crippen LogP contribution in [0.4, 0.5) is 26.0 Å². The van der Waals surface area contributed by atoms with E-state index >= 15 is 0 Å². The summed E-state index contributed by atoms with van der Waals surface area (Å²) in [4.78, 5) is 16.5. The van der Waals surface area contributed by atoms with Crippen molar-refractivity contribution in [3.63, 3.8) is 0 Å². The summed E-state index contributed by atoms with van der Waals surface area (Å²) in [7, 11) is 1.56. The second-order valence-corrected chi connectivity index (χ2v) is 5.34. The Morgan fingerprint density at radius 1 is 1.04 bits per heavy atom. The van der Waals surface area contributed by atoms with Gasteiger partial charge in [0.1, 0.15) is 11.6 Å². The molecule has 0 saturated carbocycles. The van der Waals surface area contributed by atoms with Crippen LogP contribution in [0.15, 0.2) is 60.8 Å². The van der Waals surface area contributed by atoms with Crippen LogP contribution in [0.25, 0.3) is 0 Å². The number of rotatable bonds is 5.